The fourth-order valence-electron chi connectivity index (χ4n) is 3.08. The topological polar surface area (TPSA) is 42.4 Å². The molecule has 0 N–H and O–H groups in total. The second-order valence-electron chi connectivity index (χ2n) is 5.85. The molecule has 2 heterocycles. The van der Waals surface area contributed by atoms with Gasteiger partial charge in [0.25, 0.3) is 0 Å². The summed E-state index contributed by atoms with van der Waals surface area (Å²) in [5, 5.41) is 0. The molecule has 23 heavy (non-hydrogen) atoms. The second kappa shape index (κ2) is 7.27. The first-order valence-corrected chi connectivity index (χ1v) is 8.13. The van der Waals surface area contributed by atoms with E-state index in [1.165, 1.54) is 6.42 Å². The molecule has 4 nitrogen and oxygen atoms in total. The lowest BCUT2D eigenvalue weighted by Gasteiger charge is -2.30. The number of methoxy groups -OCH3 is 1. The van der Waals surface area contributed by atoms with Crippen LogP contribution in [0, 0.1) is 0 Å². The van der Waals surface area contributed by atoms with Crippen LogP contribution in [-0.4, -0.2) is 36.0 Å². The highest BCUT2D eigenvalue weighted by atomic mass is 16.5. The van der Waals surface area contributed by atoms with E-state index in [0.717, 1.165) is 42.9 Å². The van der Waals surface area contributed by atoms with Gasteiger partial charge in [0.15, 0.2) is 0 Å². The number of hydrogen-bond donors (Lipinski definition) is 0. The summed E-state index contributed by atoms with van der Waals surface area (Å²) in [5.74, 6) is 0.590. The Balaban J connectivity index is 1.94. The lowest BCUT2D eigenvalue weighted by molar-refractivity contribution is -0.132. The van der Waals surface area contributed by atoms with Crippen molar-refractivity contribution in [1.82, 2.24) is 9.88 Å². The molecule has 1 aromatic heterocycles. The quantitative estimate of drug-likeness (QED) is 0.870. The van der Waals surface area contributed by atoms with Crippen LogP contribution in [0.15, 0.2) is 48.7 Å². The van der Waals surface area contributed by atoms with E-state index in [1.807, 2.05) is 47.4 Å². The fourth-order valence-corrected chi connectivity index (χ4v) is 3.08. The number of carbonyl (C=O) groups excluding carboxylic acids is 1. The monoisotopic (exact) mass is 310 g/mol. The van der Waals surface area contributed by atoms with Crippen molar-refractivity contribution in [2.45, 2.75) is 25.2 Å². The lowest BCUT2D eigenvalue weighted by Crippen LogP contribution is -2.39. The van der Waals surface area contributed by atoms with E-state index in [9.17, 15) is 4.79 Å². The van der Waals surface area contributed by atoms with Gasteiger partial charge in [0, 0.05) is 19.3 Å². The molecule has 2 aromatic rings. The maximum Gasteiger partial charge on any atom is 0.236 e. The summed E-state index contributed by atoms with van der Waals surface area (Å²) in [4.78, 5) is 19.5. The van der Waals surface area contributed by atoms with E-state index in [0.29, 0.717) is 0 Å². The summed E-state index contributed by atoms with van der Waals surface area (Å²) in [6, 6.07) is 13.4. The highest BCUT2D eigenvalue weighted by molar-refractivity contribution is 5.86. The van der Waals surface area contributed by atoms with Crippen LogP contribution in [-0.2, 0) is 4.79 Å². The Kier molecular flexibility index (Phi) is 4.91. The summed E-state index contributed by atoms with van der Waals surface area (Å²) in [6.45, 7) is 1.69. The average molecular weight is 310 g/mol. The van der Waals surface area contributed by atoms with Crippen LogP contribution in [0.2, 0.25) is 0 Å². The number of nitrogens with zero attached hydrogens (tertiary/aromatic N) is 2. The van der Waals surface area contributed by atoms with E-state index >= 15 is 0 Å². The molecule has 4 heteroatoms. The zero-order valence-corrected chi connectivity index (χ0v) is 13.4. The Bertz CT molecular complexity index is 634. The predicted molar refractivity (Wildman–Crippen MR) is 89.5 cm³/mol. The minimum atomic E-state index is -0.347. The van der Waals surface area contributed by atoms with Gasteiger partial charge in [-0.25, -0.2) is 0 Å². The molecule has 0 radical (unpaired) electrons. The molecule has 0 spiro atoms. The molecule has 1 aromatic carbocycles. The number of carbonyl (C=O) groups is 1. The summed E-state index contributed by atoms with van der Waals surface area (Å²) in [7, 11) is 1.64. The van der Waals surface area contributed by atoms with Crippen LogP contribution in [0.5, 0.6) is 5.75 Å². The molecular weight excluding hydrogens is 288 g/mol. The van der Waals surface area contributed by atoms with Crippen molar-refractivity contribution in [3.8, 4) is 5.75 Å². The van der Waals surface area contributed by atoms with Crippen LogP contribution < -0.4 is 4.74 Å². The number of likely N-dealkylation sites (tertiary alicyclic amines) is 1. The molecule has 1 unspecified atom stereocenters. The van der Waals surface area contributed by atoms with Crippen molar-refractivity contribution in [3.63, 3.8) is 0 Å². The summed E-state index contributed by atoms with van der Waals surface area (Å²) < 4.78 is 5.22. The minimum Gasteiger partial charge on any atom is -0.497 e. The number of rotatable bonds is 4. The van der Waals surface area contributed by atoms with E-state index in [2.05, 4.69) is 4.98 Å². The molecule has 1 aliphatic rings. The van der Waals surface area contributed by atoms with E-state index < -0.39 is 0 Å². The van der Waals surface area contributed by atoms with Crippen LogP contribution in [0.4, 0.5) is 0 Å². The van der Waals surface area contributed by atoms with Crippen molar-refractivity contribution in [3.05, 3.63) is 59.9 Å². The molecule has 0 saturated carbocycles. The highest BCUT2D eigenvalue weighted by Crippen LogP contribution is 2.28. The molecule has 120 valence electrons. The zero-order valence-electron chi connectivity index (χ0n) is 13.4. The largest absolute Gasteiger partial charge is 0.497 e. The Morgan fingerprint density at radius 3 is 2.43 bits per heavy atom. The van der Waals surface area contributed by atoms with Crippen LogP contribution in [0.3, 0.4) is 0 Å². The van der Waals surface area contributed by atoms with Crippen LogP contribution in [0.25, 0.3) is 0 Å². The van der Waals surface area contributed by atoms with Gasteiger partial charge in [0.05, 0.1) is 12.8 Å². The molecule has 1 saturated heterocycles. The number of amides is 1. The standard InChI is InChI=1S/C19H22N2O2/c1-23-16-10-8-15(9-11-16)18(17-7-3-4-12-20-17)19(22)21-13-5-2-6-14-21/h3-4,7-12,18H,2,5-6,13-14H2,1H3. The lowest BCUT2D eigenvalue weighted by atomic mass is 9.92. The van der Waals surface area contributed by atoms with Gasteiger partial charge in [-0.05, 0) is 49.1 Å². The summed E-state index contributed by atoms with van der Waals surface area (Å²) >= 11 is 0. The van der Waals surface area contributed by atoms with Crippen molar-refractivity contribution >= 4 is 5.91 Å². The normalized spacial score (nSPS) is 16.0. The minimum absolute atomic E-state index is 0.147. The molecule has 1 aliphatic heterocycles. The van der Waals surface area contributed by atoms with Gasteiger partial charge in [-0.3, -0.25) is 9.78 Å². The number of piperidine rings is 1. The Morgan fingerprint density at radius 1 is 1.09 bits per heavy atom. The molecule has 1 fully saturated rings. The zero-order chi connectivity index (χ0) is 16.1. The Labute approximate surface area is 137 Å². The van der Waals surface area contributed by atoms with Gasteiger partial charge < -0.3 is 9.64 Å². The van der Waals surface area contributed by atoms with Gasteiger partial charge in [-0.1, -0.05) is 18.2 Å². The summed E-state index contributed by atoms with van der Waals surface area (Å²) in [5.41, 5.74) is 1.76. The van der Waals surface area contributed by atoms with Gasteiger partial charge in [0.1, 0.15) is 11.7 Å². The van der Waals surface area contributed by atoms with Crippen molar-refractivity contribution in [2.75, 3.05) is 20.2 Å². The van der Waals surface area contributed by atoms with Crippen LogP contribution >= 0.6 is 0 Å². The molecule has 0 aliphatic carbocycles. The smallest absolute Gasteiger partial charge is 0.236 e. The SMILES string of the molecule is COc1ccc(C(C(=O)N2CCCCC2)c2ccccn2)cc1. The third kappa shape index (κ3) is 3.52. The highest BCUT2D eigenvalue weighted by Gasteiger charge is 2.29. The van der Waals surface area contributed by atoms with Gasteiger partial charge in [-0.2, -0.15) is 0 Å². The maximum absolute atomic E-state index is 13.1. The average Bonchev–Trinajstić information content (AvgIpc) is 2.64. The van der Waals surface area contributed by atoms with Gasteiger partial charge in [0.2, 0.25) is 5.91 Å². The van der Waals surface area contributed by atoms with Gasteiger partial charge in [-0.15, -0.1) is 0 Å². The third-order valence-corrected chi connectivity index (χ3v) is 4.35. The fraction of sp³-hybridized carbons (Fsp3) is 0.368. The molecule has 0 bridgehead atoms. The maximum atomic E-state index is 13.1. The van der Waals surface area contributed by atoms with Crippen molar-refractivity contribution < 1.29 is 9.53 Å². The predicted octanol–water partition coefficient (Wildman–Crippen LogP) is 3.23. The van der Waals surface area contributed by atoms with Crippen molar-refractivity contribution in [1.29, 1.82) is 0 Å². The van der Waals surface area contributed by atoms with Crippen molar-refractivity contribution in [2.24, 2.45) is 0 Å². The number of ether oxygens (including phenoxy) is 1. The molecule has 1 amide bonds. The Hall–Kier alpha value is -2.36. The Morgan fingerprint density at radius 2 is 1.83 bits per heavy atom. The number of pyridine rings is 1. The molecule has 3 rings (SSSR count). The second-order valence-corrected chi connectivity index (χ2v) is 5.85. The van der Waals surface area contributed by atoms with E-state index in [-0.39, 0.29) is 11.8 Å². The van der Waals surface area contributed by atoms with E-state index in [1.54, 1.807) is 13.3 Å². The number of aromatic nitrogens is 1. The first kappa shape index (κ1) is 15.5. The molecular formula is C19H22N2O2. The summed E-state index contributed by atoms with van der Waals surface area (Å²) in [6.07, 6.45) is 5.13. The first-order valence-electron chi connectivity index (χ1n) is 8.13. The first-order chi connectivity index (χ1) is 11.3. The number of hydrogen-bond acceptors (Lipinski definition) is 3. The number of benzene rings is 1. The molecule has 1 atom stereocenters. The van der Waals surface area contributed by atoms with E-state index in [4.69, 9.17) is 4.74 Å². The van der Waals surface area contributed by atoms with Gasteiger partial charge >= 0.3 is 0 Å². The van der Waals surface area contributed by atoms with Crippen LogP contribution in [0.1, 0.15) is 36.4 Å². The third-order valence-electron chi connectivity index (χ3n) is 4.35.